The maximum atomic E-state index is 14.5. The van der Waals surface area contributed by atoms with Crippen LogP contribution in [0.3, 0.4) is 0 Å². The fourth-order valence-electron chi connectivity index (χ4n) is 4.11. The van der Waals surface area contributed by atoms with Crippen LogP contribution in [0.5, 0.6) is 11.5 Å². The van der Waals surface area contributed by atoms with E-state index in [2.05, 4.69) is 18.8 Å². The van der Waals surface area contributed by atoms with Crippen molar-refractivity contribution < 1.29 is 23.0 Å². The molecule has 0 unspecified atom stereocenters. The van der Waals surface area contributed by atoms with Crippen LogP contribution in [0.25, 0.3) is 11.3 Å². The first-order valence-electron chi connectivity index (χ1n) is 13.4. The second-order valence-electron chi connectivity index (χ2n) is 9.30. The summed E-state index contributed by atoms with van der Waals surface area (Å²) in [4.78, 5) is 16.8. The monoisotopic (exact) mass is 509 g/mol. The summed E-state index contributed by atoms with van der Waals surface area (Å²) in [7, 11) is 0. The zero-order valence-corrected chi connectivity index (χ0v) is 21.9. The summed E-state index contributed by atoms with van der Waals surface area (Å²) in [5.74, 6) is -2.00. The summed E-state index contributed by atoms with van der Waals surface area (Å²) >= 11 is 0. The molecule has 0 saturated heterocycles. The molecule has 3 aromatic rings. The Bertz CT molecular complexity index is 1090. The zero-order valence-electron chi connectivity index (χ0n) is 21.9. The molecule has 0 spiro atoms. The molecule has 0 N–H and O–H groups in total. The minimum Gasteiger partial charge on any atom is -0.494 e. The number of unbranched alkanes of at least 4 members (excludes halogenated alkanes) is 7. The predicted molar refractivity (Wildman–Crippen MR) is 143 cm³/mol. The first-order chi connectivity index (χ1) is 18.0. The molecule has 0 aliphatic heterocycles. The number of pyridine rings is 1. The summed E-state index contributed by atoms with van der Waals surface area (Å²) in [6, 6.07) is 13.3. The van der Waals surface area contributed by atoms with Crippen LogP contribution in [0.4, 0.5) is 8.78 Å². The normalized spacial score (nSPS) is 10.9. The molecule has 2 aromatic carbocycles. The van der Waals surface area contributed by atoms with Crippen molar-refractivity contribution in [3.63, 3.8) is 0 Å². The fourth-order valence-corrected chi connectivity index (χ4v) is 4.11. The molecule has 4 nitrogen and oxygen atoms in total. The topological polar surface area (TPSA) is 48.4 Å². The highest BCUT2D eigenvalue weighted by molar-refractivity contribution is 5.91. The molecule has 0 radical (unpaired) electrons. The number of benzene rings is 2. The second kappa shape index (κ2) is 15.1. The van der Waals surface area contributed by atoms with Gasteiger partial charge in [-0.3, -0.25) is 4.98 Å². The van der Waals surface area contributed by atoms with Crippen LogP contribution in [-0.2, 0) is 6.42 Å². The molecule has 0 amide bonds. The number of ether oxygens (including phenoxy) is 2. The van der Waals surface area contributed by atoms with Crippen LogP contribution in [0.1, 0.15) is 87.6 Å². The van der Waals surface area contributed by atoms with Gasteiger partial charge >= 0.3 is 5.97 Å². The third-order valence-electron chi connectivity index (χ3n) is 6.24. The number of nitrogens with zero attached hydrogens (tertiary/aromatic N) is 1. The number of esters is 1. The van der Waals surface area contributed by atoms with Gasteiger partial charge in [-0.2, -0.15) is 0 Å². The molecule has 198 valence electrons. The summed E-state index contributed by atoms with van der Waals surface area (Å²) in [5.41, 5.74) is 1.40. The number of carbonyl (C=O) groups excluding carboxylic acids is 1. The maximum Gasteiger partial charge on any atom is 0.349 e. The Labute approximate surface area is 219 Å². The molecule has 6 heteroatoms. The van der Waals surface area contributed by atoms with Gasteiger partial charge < -0.3 is 9.47 Å². The lowest BCUT2D eigenvalue weighted by Crippen LogP contribution is -2.14. The minimum atomic E-state index is -1.08. The quantitative estimate of drug-likeness (QED) is 0.152. The van der Waals surface area contributed by atoms with E-state index in [1.54, 1.807) is 12.1 Å². The molecular formula is C31H37F2NO3. The molecule has 0 atom stereocenters. The van der Waals surface area contributed by atoms with E-state index >= 15 is 0 Å². The van der Waals surface area contributed by atoms with Crippen LogP contribution in [0, 0.1) is 11.6 Å². The Kier molecular flexibility index (Phi) is 11.5. The van der Waals surface area contributed by atoms with E-state index in [0.717, 1.165) is 43.4 Å². The maximum absolute atomic E-state index is 14.5. The molecule has 0 saturated carbocycles. The molecule has 0 bridgehead atoms. The third kappa shape index (κ3) is 8.96. The van der Waals surface area contributed by atoms with Crippen LogP contribution < -0.4 is 9.47 Å². The van der Waals surface area contributed by atoms with Crippen LogP contribution in [-0.4, -0.2) is 17.6 Å². The molecular weight excluding hydrogens is 472 g/mol. The molecule has 1 aromatic heterocycles. The van der Waals surface area contributed by atoms with Gasteiger partial charge in [0.05, 0.1) is 18.5 Å². The SMILES string of the molecule is CCCCCCCOc1ccc(-c2ccc(OC(=O)c3c(F)cc(CCCCCC)cc3F)cn2)cc1. The van der Waals surface area contributed by atoms with Gasteiger partial charge in [0.15, 0.2) is 0 Å². The Morgan fingerprint density at radius 3 is 2.03 bits per heavy atom. The van der Waals surface area contributed by atoms with E-state index in [4.69, 9.17) is 9.47 Å². The van der Waals surface area contributed by atoms with Crippen molar-refractivity contribution in [1.29, 1.82) is 0 Å². The Hall–Kier alpha value is -3.28. The Balaban J connectivity index is 1.54. The lowest BCUT2D eigenvalue weighted by Gasteiger charge is -2.09. The molecule has 3 rings (SSSR count). The van der Waals surface area contributed by atoms with Crippen molar-refractivity contribution in [2.75, 3.05) is 6.61 Å². The van der Waals surface area contributed by atoms with Gasteiger partial charge in [-0.05, 0) is 73.4 Å². The highest BCUT2D eigenvalue weighted by Gasteiger charge is 2.21. The lowest BCUT2D eigenvalue weighted by atomic mass is 10.0. The van der Waals surface area contributed by atoms with Crippen molar-refractivity contribution in [2.24, 2.45) is 0 Å². The van der Waals surface area contributed by atoms with Crippen LogP contribution in [0.15, 0.2) is 54.7 Å². The summed E-state index contributed by atoms with van der Waals surface area (Å²) in [6.45, 7) is 5.00. The molecule has 1 heterocycles. The Morgan fingerprint density at radius 1 is 0.784 bits per heavy atom. The lowest BCUT2D eigenvalue weighted by molar-refractivity contribution is 0.0724. The van der Waals surface area contributed by atoms with Gasteiger partial charge in [0.1, 0.15) is 28.7 Å². The summed E-state index contributed by atoms with van der Waals surface area (Å²) in [5, 5.41) is 0. The third-order valence-corrected chi connectivity index (χ3v) is 6.24. The molecule has 0 fully saturated rings. The van der Waals surface area contributed by atoms with E-state index in [1.165, 1.54) is 44.0 Å². The van der Waals surface area contributed by atoms with Crippen molar-refractivity contribution in [1.82, 2.24) is 4.98 Å². The van der Waals surface area contributed by atoms with Crippen molar-refractivity contribution in [2.45, 2.75) is 78.1 Å². The predicted octanol–water partition coefficient (Wildman–Crippen LogP) is 8.72. The van der Waals surface area contributed by atoms with Gasteiger partial charge in [-0.15, -0.1) is 0 Å². The molecule has 37 heavy (non-hydrogen) atoms. The van der Waals surface area contributed by atoms with Gasteiger partial charge in [-0.1, -0.05) is 58.8 Å². The standard InChI is InChI=1S/C31H37F2NO3/c1-3-5-7-9-11-19-36-25-15-13-24(14-16-25)29-18-17-26(22-34-29)37-31(35)30-27(32)20-23(21-28(30)33)12-10-8-6-4-2/h13-18,20-22H,3-12,19H2,1-2H3. The second-order valence-corrected chi connectivity index (χ2v) is 9.30. The summed E-state index contributed by atoms with van der Waals surface area (Å²) in [6.07, 6.45) is 11.9. The number of halogens is 2. The average Bonchev–Trinajstić information content (AvgIpc) is 2.89. The van der Waals surface area contributed by atoms with E-state index in [-0.39, 0.29) is 5.75 Å². The fraction of sp³-hybridized carbons (Fsp3) is 0.419. The van der Waals surface area contributed by atoms with Gasteiger partial charge in [0, 0.05) is 5.56 Å². The smallest absolute Gasteiger partial charge is 0.349 e. The zero-order chi connectivity index (χ0) is 26.5. The van der Waals surface area contributed by atoms with Crippen LogP contribution >= 0.6 is 0 Å². The van der Waals surface area contributed by atoms with Crippen molar-refractivity contribution in [3.8, 4) is 22.8 Å². The Morgan fingerprint density at radius 2 is 1.41 bits per heavy atom. The number of aryl methyl sites for hydroxylation is 1. The van der Waals surface area contributed by atoms with Gasteiger partial charge in [0.25, 0.3) is 0 Å². The molecule has 0 aliphatic carbocycles. The highest BCUT2D eigenvalue weighted by Crippen LogP contribution is 2.24. The van der Waals surface area contributed by atoms with E-state index in [9.17, 15) is 13.6 Å². The van der Waals surface area contributed by atoms with Gasteiger partial charge in [0.2, 0.25) is 0 Å². The number of rotatable bonds is 15. The first-order valence-corrected chi connectivity index (χ1v) is 13.4. The number of carbonyl (C=O) groups is 1. The van der Waals surface area contributed by atoms with E-state index < -0.39 is 23.2 Å². The van der Waals surface area contributed by atoms with Gasteiger partial charge in [-0.25, -0.2) is 13.6 Å². The van der Waals surface area contributed by atoms with E-state index in [1.807, 2.05) is 24.3 Å². The highest BCUT2D eigenvalue weighted by atomic mass is 19.1. The van der Waals surface area contributed by atoms with E-state index in [0.29, 0.717) is 24.3 Å². The first kappa shape index (κ1) is 28.3. The largest absolute Gasteiger partial charge is 0.494 e. The number of hydrogen-bond acceptors (Lipinski definition) is 4. The van der Waals surface area contributed by atoms with Crippen LogP contribution in [0.2, 0.25) is 0 Å². The van der Waals surface area contributed by atoms with Crippen molar-refractivity contribution >= 4 is 5.97 Å². The minimum absolute atomic E-state index is 0.110. The molecule has 0 aliphatic rings. The average molecular weight is 510 g/mol. The van der Waals surface area contributed by atoms with Crippen molar-refractivity contribution in [3.05, 3.63) is 77.5 Å². The number of hydrogen-bond donors (Lipinski definition) is 0. The number of aromatic nitrogens is 1. The summed E-state index contributed by atoms with van der Waals surface area (Å²) < 4.78 is 40.1.